The van der Waals surface area contributed by atoms with E-state index in [1.807, 2.05) is 17.6 Å². The van der Waals surface area contributed by atoms with Crippen molar-refractivity contribution in [2.24, 2.45) is 5.92 Å². The maximum absolute atomic E-state index is 15.7. The molecule has 0 bridgehead atoms. The van der Waals surface area contributed by atoms with Crippen molar-refractivity contribution in [1.82, 2.24) is 10.5 Å². The second kappa shape index (κ2) is 10.5. The van der Waals surface area contributed by atoms with Gasteiger partial charge in [-0.05, 0) is 37.5 Å². The number of ether oxygens (including phenoxy) is 1. The summed E-state index contributed by atoms with van der Waals surface area (Å²) in [6, 6.07) is 6.94. The molecule has 1 amide bonds. The van der Waals surface area contributed by atoms with E-state index in [-0.39, 0.29) is 30.0 Å². The predicted molar refractivity (Wildman–Crippen MR) is 122 cm³/mol. The molecule has 8 nitrogen and oxygen atoms in total. The summed E-state index contributed by atoms with van der Waals surface area (Å²) in [7, 11) is 0. The largest absolute Gasteiger partial charge is 0.394 e. The van der Waals surface area contributed by atoms with E-state index in [0.717, 1.165) is 18.4 Å². The molecule has 1 saturated heterocycles. The molecule has 10 heteroatoms. The number of carbonyl (C=O) groups is 1. The molecule has 0 unspecified atom stereocenters. The lowest BCUT2D eigenvalue weighted by Gasteiger charge is -2.20. The fraction of sp³-hybridized carbons (Fsp3) is 0.391. The Hall–Kier alpha value is -2.72. The number of nitrogens with zero attached hydrogens (tertiary/aromatic N) is 1. The van der Waals surface area contributed by atoms with Crippen LogP contribution < -0.4 is 15.4 Å². The van der Waals surface area contributed by atoms with E-state index in [1.54, 1.807) is 24.5 Å². The Bertz CT molecular complexity index is 1150. The summed E-state index contributed by atoms with van der Waals surface area (Å²) in [5.41, 5.74) is 4.54. The second-order valence-electron chi connectivity index (χ2n) is 8.10. The molecule has 1 fully saturated rings. The third-order valence-corrected chi connectivity index (χ3v) is 6.02. The molecule has 4 rings (SSSR count). The molecule has 1 aliphatic heterocycles. The minimum Gasteiger partial charge on any atom is -0.394 e. The van der Waals surface area contributed by atoms with Crippen molar-refractivity contribution < 1.29 is 28.4 Å². The quantitative estimate of drug-likeness (QED) is 0.226. The molecule has 0 spiro atoms. The van der Waals surface area contributed by atoms with Gasteiger partial charge in [-0.3, -0.25) is 9.63 Å². The van der Waals surface area contributed by atoms with E-state index in [0.29, 0.717) is 41.9 Å². The Morgan fingerprint density at radius 3 is 2.88 bits per heavy atom. The van der Waals surface area contributed by atoms with Gasteiger partial charge in [-0.15, -0.1) is 0 Å². The number of aryl methyl sites for hydroxylation is 1. The average Bonchev–Trinajstić information content (AvgIpc) is 3.20. The molecule has 1 aliphatic rings. The number of halogens is 2. The van der Waals surface area contributed by atoms with Crippen LogP contribution in [0.2, 0.25) is 5.02 Å². The summed E-state index contributed by atoms with van der Waals surface area (Å²) in [6.07, 6.45) is 3.57. The molecule has 3 aromatic rings. The monoisotopic (exact) mass is 477 g/mol. The van der Waals surface area contributed by atoms with Crippen LogP contribution in [0.15, 0.2) is 30.6 Å². The number of amides is 1. The van der Waals surface area contributed by atoms with Crippen LogP contribution in [-0.2, 0) is 16.1 Å². The number of aromatic nitrogens is 2. The summed E-state index contributed by atoms with van der Waals surface area (Å²) in [6.45, 7) is 3.65. The van der Waals surface area contributed by atoms with Gasteiger partial charge >= 0.3 is 0 Å². The topological polar surface area (TPSA) is 99.5 Å². The minimum atomic E-state index is -0.645. The first-order valence-electron chi connectivity index (χ1n) is 10.8. The summed E-state index contributed by atoms with van der Waals surface area (Å²) in [4.78, 5) is 20.9. The van der Waals surface area contributed by atoms with Gasteiger partial charge < -0.3 is 15.2 Å². The highest BCUT2D eigenvalue weighted by molar-refractivity contribution is 6.33. The number of rotatable bonds is 8. The Labute approximate surface area is 195 Å². The van der Waals surface area contributed by atoms with Gasteiger partial charge in [0.1, 0.15) is 0 Å². The van der Waals surface area contributed by atoms with Crippen molar-refractivity contribution in [2.75, 3.05) is 31.7 Å². The first-order valence-corrected chi connectivity index (χ1v) is 11.2. The second-order valence-corrected chi connectivity index (χ2v) is 8.51. The number of carbonyl (C=O) groups excluding carboxylic acids is 1. The van der Waals surface area contributed by atoms with Crippen molar-refractivity contribution in [3.63, 3.8) is 0 Å². The zero-order chi connectivity index (χ0) is 23.4. The lowest BCUT2D eigenvalue weighted by molar-refractivity contribution is -0.678. The maximum Gasteiger partial charge on any atom is 0.277 e. The number of hydroxylamine groups is 1. The van der Waals surface area contributed by atoms with E-state index in [4.69, 9.17) is 26.3 Å². The van der Waals surface area contributed by atoms with E-state index < -0.39 is 11.7 Å². The van der Waals surface area contributed by atoms with Gasteiger partial charge in [-0.25, -0.2) is 15.0 Å². The lowest BCUT2D eigenvalue weighted by atomic mass is 10.0. The van der Waals surface area contributed by atoms with Gasteiger partial charge in [0.15, 0.2) is 11.3 Å². The third-order valence-electron chi connectivity index (χ3n) is 5.70. The van der Waals surface area contributed by atoms with Crippen LogP contribution in [0.3, 0.4) is 0 Å². The van der Waals surface area contributed by atoms with E-state index in [9.17, 15) is 4.79 Å². The number of anilines is 2. The third kappa shape index (κ3) is 5.27. The smallest absolute Gasteiger partial charge is 0.277 e. The summed E-state index contributed by atoms with van der Waals surface area (Å²) in [5, 5.41) is 12.3. The van der Waals surface area contributed by atoms with Gasteiger partial charge in [0.05, 0.1) is 41.7 Å². The van der Waals surface area contributed by atoms with Gasteiger partial charge in [0.2, 0.25) is 11.8 Å². The molecule has 0 saturated carbocycles. The first kappa shape index (κ1) is 23.4. The molecule has 0 radical (unpaired) electrons. The van der Waals surface area contributed by atoms with Crippen molar-refractivity contribution >= 4 is 39.9 Å². The predicted octanol–water partition coefficient (Wildman–Crippen LogP) is 3.38. The first-order chi connectivity index (χ1) is 16.0. The number of hydrogen-bond donors (Lipinski definition) is 4. The Morgan fingerprint density at radius 2 is 2.15 bits per heavy atom. The van der Waals surface area contributed by atoms with Crippen molar-refractivity contribution in [3.05, 3.63) is 52.6 Å². The van der Waals surface area contributed by atoms with Crippen molar-refractivity contribution in [3.8, 4) is 0 Å². The Morgan fingerprint density at radius 1 is 1.36 bits per heavy atom. The Kier molecular flexibility index (Phi) is 7.44. The molecular formula is C23H27ClFN4O4+. The van der Waals surface area contributed by atoms with Crippen molar-refractivity contribution in [1.29, 1.82) is 0 Å². The standard InChI is InChI=1S/C23H26ClFN4O4/c1-14-2-3-18(17(24)10-14)27-21-16(23(31)28-33-9-6-30)11-19-22(20(21)25)26-13-29(19)12-15-4-7-32-8-5-15/h2-3,10-11,13,15,30H,4-9,12H2,1H3,(H2,27,28,31)/p+1. The summed E-state index contributed by atoms with van der Waals surface area (Å²) >= 11 is 6.34. The van der Waals surface area contributed by atoms with Crippen molar-refractivity contribution in [2.45, 2.75) is 26.3 Å². The number of imidazole rings is 1. The van der Waals surface area contributed by atoms with Gasteiger partial charge in [-0.1, -0.05) is 17.7 Å². The summed E-state index contributed by atoms with van der Waals surface area (Å²) in [5.74, 6) is -0.851. The number of aromatic amines is 1. The van der Waals surface area contributed by atoms with Crippen LogP contribution in [0.1, 0.15) is 28.8 Å². The molecule has 0 atom stereocenters. The number of benzene rings is 2. The van der Waals surface area contributed by atoms with Crippen LogP contribution in [-0.4, -0.2) is 42.4 Å². The normalized spacial score (nSPS) is 14.5. The number of aliphatic hydroxyl groups is 1. The highest BCUT2D eigenvalue weighted by Gasteiger charge is 2.27. The molecular weight excluding hydrogens is 451 g/mol. The molecule has 2 heterocycles. The van der Waals surface area contributed by atoms with Crippen LogP contribution in [0.4, 0.5) is 15.8 Å². The highest BCUT2D eigenvalue weighted by Crippen LogP contribution is 2.33. The zero-order valence-corrected chi connectivity index (χ0v) is 19.0. The summed E-state index contributed by atoms with van der Waals surface area (Å²) < 4.78 is 23.1. The molecule has 0 aliphatic carbocycles. The molecule has 33 heavy (non-hydrogen) atoms. The minimum absolute atomic E-state index is 0.0292. The average molecular weight is 478 g/mol. The molecule has 176 valence electrons. The van der Waals surface area contributed by atoms with Crippen LogP contribution in [0.25, 0.3) is 11.0 Å². The number of nitrogens with one attached hydrogen (secondary N) is 3. The molecule has 1 aromatic heterocycles. The number of fused-ring (bicyclic) bond motifs is 1. The van der Waals surface area contributed by atoms with Gasteiger partial charge in [-0.2, -0.15) is 4.39 Å². The molecule has 2 aromatic carbocycles. The fourth-order valence-corrected chi connectivity index (χ4v) is 4.23. The number of hydrogen-bond acceptors (Lipinski definition) is 5. The zero-order valence-electron chi connectivity index (χ0n) is 18.3. The maximum atomic E-state index is 15.7. The lowest BCUT2D eigenvalue weighted by Crippen LogP contribution is -2.38. The number of aliphatic hydroxyl groups excluding tert-OH is 1. The van der Waals surface area contributed by atoms with Gasteiger partial charge in [0.25, 0.3) is 5.91 Å². The van der Waals surface area contributed by atoms with Crippen LogP contribution >= 0.6 is 11.6 Å². The SMILES string of the molecule is Cc1ccc(Nc2c(C(=O)NOCCO)cc3c([nH]c[n+]3CC3CCOCC3)c2F)c(Cl)c1. The fourth-order valence-electron chi connectivity index (χ4n) is 3.95. The number of H-pyrrole nitrogens is 1. The van der Waals surface area contributed by atoms with E-state index >= 15 is 4.39 Å². The van der Waals surface area contributed by atoms with E-state index in [1.165, 1.54) is 0 Å². The van der Waals surface area contributed by atoms with Crippen LogP contribution in [0.5, 0.6) is 0 Å². The Balaban J connectivity index is 1.74. The van der Waals surface area contributed by atoms with E-state index in [2.05, 4.69) is 15.8 Å². The highest BCUT2D eigenvalue weighted by atomic mass is 35.5. The van der Waals surface area contributed by atoms with Crippen LogP contribution in [0, 0.1) is 18.7 Å². The van der Waals surface area contributed by atoms with Gasteiger partial charge in [0, 0.05) is 25.2 Å². The molecule has 4 N–H and O–H groups in total.